The summed E-state index contributed by atoms with van der Waals surface area (Å²) >= 11 is 0. The van der Waals surface area contributed by atoms with Gasteiger partial charge < -0.3 is 20.6 Å². The highest BCUT2D eigenvalue weighted by Gasteiger charge is 2.46. The quantitative estimate of drug-likeness (QED) is 0.357. The zero-order valence-electron chi connectivity index (χ0n) is 12.9. The Kier molecular flexibility index (Phi) is 5.45. The maximum atomic E-state index is 13.0. The smallest absolute Gasteiger partial charge is 0.236 e. The Balaban J connectivity index is 2.06. The number of oxime groups is 1. The summed E-state index contributed by atoms with van der Waals surface area (Å²) in [6.45, 7) is 2.24. The summed E-state index contributed by atoms with van der Waals surface area (Å²) in [5, 5.41) is 12.3. The molecule has 2 fully saturated rings. The molecular weight excluding hydrogens is 270 g/mol. The fourth-order valence-electron chi connectivity index (χ4n) is 3.67. The van der Waals surface area contributed by atoms with E-state index in [1.165, 1.54) is 0 Å². The molecule has 0 radical (unpaired) electrons. The number of carbonyl (C=O) groups excluding carboxylic acids is 1. The number of likely N-dealkylation sites (tertiary alicyclic amines) is 1. The van der Waals surface area contributed by atoms with Crippen molar-refractivity contribution in [1.82, 2.24) is 4.90 Å². The van der Waals surface area contributed by atoms with Crippen molar-refractivity contribution in [3.63, 3.8) is 0 Å². The number of ether oxygens (including phenoxy) is 1. The summed E-state index contributed by atoms with van der Waals surface area (Å²) in [4.78, 5) is 14.9. The molecule has 0 atom stereocenters. The van der Waals surface area contributed by atoms with Crippen LogP contribution in [-0.2, 0) is 9.53 Å². The van der Waals surface area contributed by atoms with Gasteiger partial charge in [0, 0.05) is 26.8 Å². The number of nitrogens with two attached hydrogens (primary N) is 1. The minimum Gasteiger partial charge on any atom is -0.409 e. The van der Waals surface area contributed by atoms with Gasteiger partial charge in [0.15, 0.2) is 5.84 Å². The topological polar surface area (TPSA) is 88.2 Å². The van der Waals surface area contributed by atoms with Crippen LogP contribution in [0.25, 0.3) is 0 Å². The first-order valence-electron chi connectivity index (χ1n) is 7.90. The third-order valence-corrected chi connectivity index (χ3v) is 5.02. The standard InChI is InChI=1S/C15H27N3O3/c1-21-11-12-5-9-18(10-6-12)14(19)15(13(16)17-20)7-3-2-4-8-15/h12,20H,2-11H2,1H3,(H2,16,17). The predicted octanol–water partition coefficient (Wildman–Crippen LogP) is 1.57. The van der Waals surface area contributed by atoms with Gasteiger partial charge in [-0.15, -0.1) is 0 Å². The van der Waals surface area contributed by atoms with Crippen molar-refractivity contribution in [2.24, 2.45) is 22.2 Å². The summed E-state index contributed by atoms with van der Waals surface area (Å²) < 4.78 is 5.19. The molecule has 1 aliphatic carbocycles. The lowest BCUT2D eigenvalue weighted by Crippen LogP contribution is -2.54. The third-order valence-electron chi connectivity index (χ3n) is 5.02. The van der Waals surface area contributed by atoms with Crippen molar-refractivity contribution in [2.75, 3.05) is 26.8 Å². The first-order chi connectivity index (χ1) is 10.1. The fourth-order valence-corrected chi connectivity index (χ4v) is 3.67. The number of methoxy groups -OCH3 is 1. The first kappa shape index (κ1) is 16.1. The molecule has 1 heterocycles. The Bertz CT molecular complexity index is 384. The molecule has 0 aromatic heterocycles. The van der Waals surface area contributed by atoms with Crippen molar-refractivity contribution < 1.29 is 14.7 Å². The molecule has 0 spiro atoms. The second-order valence-corrected chi connectivity index (χ2v) is 6.32. The zero-order valence-corrected chi connectivity index (χ0v) is 12.9. The van der Waals surface area contributed by atoms with Gasteiger partial charge in [0.05, 0.1) is 0 Å². The fraction of sp³-hybridized carbons (Fsp3) is 0.867. The second-order valence-electron chi connectivity index (χ2n) is 6.32. The average molecular weight is 297 g/mol. The molecule has 1 amide bonds. The van der Waals surface area contributed by atoms with Crippen LogP contribution in [0.5, 0.6) is 0 Å². The Morgan fingerprint density at radius 3 is 2.48 bits per heavy atom. The molecular formula is C15H27N3O3. The van der Waals surface area contributed by atoms with Crippen LogP contribution in [0.3, 0.4) is 0 Å². The van der Waals surface area contributed by atoms with E-state index in [2.05, 4.69) is 5.16 Å². The minimum absolute atomic E-state index is 0.0494. The lowest BCUT2D eigenvalue weighted by molar-refractivity contribution is -0.141. The van der Waals surface area contributed by atoms with E-state index in [1.807, 2.05) is 4.90 Å². The molecule has 120 valence electrons. The average Bonchev–Trinajstić information content (AvgIpc) is 2.55. The Morgan fingerprint density at radius 2 is 1.95 bits per heavy atom. The molecule has 6 nitrogen and oxygen atoms in total. The maximum Gasteiger partial charge on any atom is 0.236 e. The van der Waals surface area contributed by atoms with Gasteiger partial charge in [-0.2, -0.15) is 0 Å². The summed E-state index contributed by atoms with van der Waals surface area (Å²) in [6, 6.07) is 0. The Hall–Kier alpha value is -1.30. The summed E-state index contributed by atoms with van der Waals surface area (Å²) in [6.07, 6.45) is 6.35. The van der Waals surface area contributed by atoms with Gasteiger partial charge in [0.2, 0.25) is 5.91 Å². The number of nitrogens with zero attached hydrogens (tertiary/aromatic N) is 2. The van der Waals surface area contributed by atoms with Crippen molar-refractivity contribution in [3.05, 3.63) is 0 Å². The highest BCUT2D eigenvalue weighted by molar-refractivity contribution is 6.06. The number of amides is 1. The lowest BCUT2D eigenvalue weighted by Gasteiger charge is -2.41. The minimum atomic E-state index is -0.777. The van der Waals surface area contributed by atoms with E-state index >= 15 is 0 Å². The van der Waals surface area contributed by atoms with Gasteiger partial charge in [0.1, 0.15) is 5.41 Å². The molecule has 2 aliphatic rings. The molecule has 0 bridgehead atoms. The van der Waals surface area contributed by atoms with Gasteiger partial charge in [-0.05, 0) is 31.6 Å². The molecule has 3 N–H and O–H groups in total. The van der Waals surface area contributed by atoms with Crippen LogP contribution in [0.1, 0.15) is 44.9 Å². The van der Waals surface area contributed by atoms with Gasteiger partial charge in [0.25, 0.3) is 0 Å². The summed E-state index contributed by atoms with van der Waals surface area (Å²) in [5.41, 5.74) is 5.12. The number of rotatable bonds is 4. The van der Waals surface area contributed by atoms with Crippen molar-refractivity contribution >= 4 is 11.7 Å². The van der Waals surface area contributed by atoms with Gasteiger partial charge in [-0.25, -0.2) is 0 Å². The highest BCUT2D eigenvalue weighted by atomic mass is 16.5. The lowest BCUT2D eigenvalue weighted by atomic mass is 9.71. The van der Waals surface area contributed by atoms with Crippen LogP contribution >= 0.6 is 0 Å². The molecule has 0 aromatic carbocycles. The van der Waals surface area contributed by atoms with E-state index < -0.39 is 5.41 Å². The maximum absolute atomic E-state index is 13.0. The first-order valence-corrected chi connectivity index (χ1v) is 7.90. The van der Waals surface area contributed by atoms with Gasteiger partial charge in [-0.3, -0.25) is 4.79 Å². The van der Waals surface area contributed by atoms with E-state index in [-0.39, 0.29) is 11.7 Å². The number of amidine groups is 1. The van der Waals surface area contributed by atoms with Crippen LogP contribution in [0.4, 0.5) is 0 Å². The van der Waals surface area contributed by atoms with Crippen molar-refractivity contribution in [1.29, 1.82) is 0 Å². The largest absolute Gasteiger partial charge is 0.409 e. The van der Waals surface area contributed by atoms with E-state index in [0.29, 0.717) is 18.8 Å². The van der Waals surface area contributed by atoms with E-state index in [1.54, 1.807) is 7.11 Å². The number of carbonyl (C=O) groups is 1. The molecule has 6 heteroatoms. The SMILES string of the molecule is COCC1CCN(C(=O)C2(C(N)=NO)CCCCC2)CC1. The van der Waals surface area contributed by atoms with Crippen molar-refractivity contribution in [3.8, 4) is 0 Å². The number of hydrogen-bond acceptors (Lipinski definition) is 4. The number of hydrogen-bond donors (Lipinski definition) is 2. The van der Waals surface area contributed by atoms with Crippen molar-refractivity contribution in [2.45, 2.75) is 44.9 Å². The Labute approximate surface area is 126 Å². The predicted molar refractivity (Wildman–Crippen MR) is 80.1 cm³/mol. The Morgan fingerprint density at radius 1 is 1.33 bits per heavy atom. The van der Waals surface area contributed by atoms with Crippen LogP contribution in [-0.4, -0.2) is 48.7 Å². The molecule has 0 unspecified atom stereocenters. The molecule has 1 saturated carbocycles. The van der Waals surface area contributed by atoms with Gasteiger partial charge in [-0.1, -0.05) is 24.4 Å². The van der Waals surface area contributed by atoms with E-state index in [4.69, 9.17) is 15.7 Å². The van der Waals surface area contributed by atoms with Crippen LogP contribution in [0.15, 0.2) is 5.16 Å². The monoisotopic (exact) mass is 297 g/mol. The zero-order chi connectivity index (χ0) is 15.3. The van der Waals surface area contributed by atoms with E-state index in [9.17, 15) is 4.79 Å². The summed E-state index contributed by atoms with van der Waals surface area (Å²) in [5.74, 6) is 0.671. The molecule has 21 heavy (non-hydrogen) atoms. The second kappa shape index (κ2) is 7.11. The van der Waals surface area contributed by atoms with Crippen LogP contribution < -0.4 is 5.73 Å². The van der Waals surface area contributed by atoms with Crippen LogP contribution in [0, 0.1) is 11.3 Å². The molecule has 2 rings (SSSR count). The summed E-state index contributed by atoms with van der Waals surface area (Å²) in [7, 11) is 1.72. The highest BCUT2D eigenvalue weighted by Crippen LogP contribution is 2.39. The molecule has 0 aromatic rings. The molecule has 1 aliphatic heterocycles. The third kappa shape index (κ3) is 3.31. The van der Waals surface area contributed by atoms with Gasteiger partial charge >= 0.3 is 0 Å². The van der Waals surface area contributed by atoms with E-state index in [0.717, 1.165) is 51.8 Å². The normalized spacial score (nSPS) is 24.0. The molecule has 1 saturated heterocycles. The number of piperidine rings is 1. The van der Waals surface area contributed by atoms with Crippen LogP contribution in [0.2, 0.25) is 0 Å².